The number of hydrogen-bond acceptors (Lipinski definition) is 5. The smallest absolute Gasteiger partial charge is 0.157 e. The fourth-order valence-electron chi connectivity index (χ4n) is 10.2. The van der Waals surface area contributed by atoms with Crippen LogP contribution < -0.4 is 0 Å². The van der Waals surface area contributed by atoms with Crippen molar-refractivity contribution >= 4 is 87.6 Å². The third kappa shape index (κ3) is 5.70. The highest BCUT2D eigenvalue weighted by Gasteiger charge is 2.19. The minimum Gasteiger partial charge on any atom is -0.456 e. The molecule has 0 saturated heterocycles. The van der Waals surface area contributed by atoms with E-state index in [4.69, 9.17) is 13.8 Å². The highest BCUT2D eigenvalue weighted by atomic mass is 16.3. The van der Waals surface area contributed by atoms with Crippen molar-refractivity contribution in [3.05, 3.63) is 198 Å². The minimum absolute atomic E-state index is 0.574. The van der Waals surface area contributed by atoms with Crippen molar-refractivity contribution in [1.82, 2.24) is 14.1 Å². The second-order valence-corrected chi connectivity index (χ2v) is 16.8. The van der Waals surface area contributed by atoms with Gasteiger partial charge in [-0.2, -0.15) is 10.5 Å². The summed E-state index contributed by atoms with van der Waals surface area (Å²) in [5, 5.41) is 26.8. The Bertz CT molecular complexity index is 4120. The zero-order chi connectivity index (χ0) is 43.2. The zero-order valence-corrected chi connectivity index (χ0v) is 34.9. The maximum Gasteiger partial charge on any atom is 0.157 e. The molecule has 7 nitrogen and oxygen atoms in total. The number of furan rings is 2. The van der Waals surface area contributed by atoms with Gasteiger partial charge in [-0.15, -0.1) is 0 Å². The van der Waals surface area contributed by atoms with Gasteiger partial charge in [0, 0.05) is 55.3 Å². The van der Waals surface area contributed by atoms with Crippen molar-refractivity contribution in [2.24, 2.45) is 0 Å². The van der Waals surface area contributed by atoms with Gasteiger partial charge in [0.15, 0.2) is 5.58 Å². The number of fused-ring (bicyclic) bond motifs is 12. The molecule has 13 rings (SSSR count). The molecule has 0 unspecified atom stereocenters. The number of pyridine rings is 1. The largest absolute Gasteiger partial charge is 0.456 e. The van der Waals surface area contributed by atoms with E-state index in [0.717, 1.165) is 108 Å². The van der Waals surface area contributed by atoms with E-state index >= 15 is 0 Å². The first-order valence-electron chi connectivity index (χ1n) is 21.8. The summed E-state index contributed by atoms with van der Waals surface area (Å²) in [6.45, 7) is 0. The summed E-state index contributed by atoms with van der Waals surface area (Å²) in [7, 11) is 0. The fourth-order valence-corrected chi connectivity index (χ4v) is 10.2. The molecule has 65 heavy (non-hydrogen) atoms. The van der Waals surface area contributed by atoms with Crippen molar-refractivity contribution in [3.63, 3.8) is 0 Å². The van der Waals surface area contributed by atoms with Gasteiger partial charge in [0.1, 0.15) is 22.3 Å². The summed E-state index contributed by atoms with van der Waals surface area (Å²) in [5.41, 5.74) is 16.4. The first kappa shape index (κ1) is 36.7. The lowest BCUT2D eigenvalue weighted by Gasteiger charge is -2.08. The summed E-state index contributed by atoms with van der Waals surface area (Å²) >= 11 is 0. The van der Waals surface area contributed by atoms with Gasteiger partial charge >= 0.3 is 0 Å². The molecule has 0 radical (unpaired) electrons. The maximum atomic E-state index is 9.67. The Balaban J connectivity index is 0.807. The zero-order valence-electron chi connectivity index (χ0n) is 34.9. The van der Waals surface area contributed by atoms with Crippen LogP contribution in [0, 0.1) is 22.7 Å². The van der Waals surface area contributed by atoms with E-state index in [1.165, 1.54) is 32.9 Å². The molecule has 5 aromatic heterocycles. The van der Waals surface area contributed by atoms with Gasteiger partial charge in [-0.05, 0) is 145 Å². The van der Waals surface area contributed by atoms with Crippen molar-refractivity contribution in [3.8, 4) is 34.6 Å². The number of para-hydroxylation sites is 3. The van der Waals surface area contributed by atoms with Gasteiger partial charge in [0.2, 0.25) is 0 Å². The average Bonchev–Trinajstić information content (AvgIpc) is 4.11. The lowest BCUT2D eigenvalue weighted by molar-refractivity contribution is 0.653. The van der Waals surface area contributed by atoms with Crippen molar-refractivity contribution in [2.75, 3.05) is 0 Å². The van der Waals surface area contributed by atoms with Gasteiger partial charge in [-0.1, -0.05) is 66.7 Å². The Morgan fingerprint density at radius 2 is 1.02 bits per heavy atom. The summed E-state index contributed by atoms with van der Waals surface area (Å²) in [6.07, 6.45) is 4.43. The van der Waals surface area contributed by atoms with E-state index < -0.39 is 0 Å². The quantitative estimate of drug-likeness (QED) is 0.159. The first-order chi connectivity index (χ1) is 32.1. The van der Waals surface area contributed by atoms with Gasteiger partial charge in [0.05, 0.1) is 45.3 Å². The molecule has 0 spiro atoms. The van der Waals surface area contributed by atoms with Gasteiger partial charge < -0.3 is 18.0 Å². The number of nitriles is 2. The van der Waals surface area contributed by atoms with Crippen LogP contribution in [-0.4, -0.2) is 14.1 Å². The molecule has 8 aromatic carbocycles. The van der Waals surface area contributed by atoms with Crippen LogP contribution in [0.5, 0.6) is 0 Å². The molecule has 0 atom stereocenters. The van der Waals surface area contributed by atoms with Crippen molar-refractivity contribution < 1.29 is 8.83 Å². The van der Waals surface area contributed by atoms with Gasteiger partial charge in [-0.25, -0.2) is 0 Å². The van der Waals surface area contributed by atoms with E-state index in [2.05, 4.69) is 149 Å². The molecule has 0 aliphatic rings. The van der Waals surface area contributed by atoms with Crippen LogP contribution in [0.1, 0.15) is 28.7 Å². The molecule has 0 fully saturated rings. The summed E-state index contributed by atoms with van der Waals surface area (Å²) in [6, 6.07) is 63.3. The number of nitrogens with zero attached hydrogens (tertiary/aromatic N) is 5. The average molecular weight is 834 g/mol. The normalized spacial score (nSPS) is 11.8. The molecule has 0 aliphatic heterocycles. The number of aryl methyl sites for hydroxylation is 2. The van der Waals surface area contributed by atoms with E-state index in [1.54, 1.807) is 0 Å². The third-order valence-corrected chi connectivity index (χ3v) is 13.2. The minimum atomic E-state index is 0.574. The molecule has 304 valence electrons. The Morgan fingerprint density at radius 3 is 1.78 bits per heavy atom. The molecular formula is C58H35N5O2. The molecular weight excluding hydrogens is 799 g/mol. The molecule has 0 saturated carbocycles. The summed E-state index contributed by atoms with van der Waals surface area (Å²) in [4.78, 5) is 4.83. The van der Waals surface area contributed by atoms with Crippen LogP contribution in [0.4, 0.5) is 0 Å². The summed E-state index contributed by atoms with van der Waals surface area (Å²) in [5.74, 6) is 0. The van der Waals surface area contributed by atoms with Crippen LogP contribution >= 0.6 is 0 Å². The van der Waals surface area contributed by atoms with E-state index in [9.17, 15) is 10.5 Å². The maximum absolute atomic E-state index is 9.67. The molecule has 0 N–H and O–H groups in total. The lowest BCUT2D eigenvalue weighted by atomic mass is 9.99. The summed E-state index contributed by atoms with van der Waals surface area (Å²) < 4.78 is 17.7. The van der Waals surface area contributed by atoms with Crippen LogP contribution in [0.15, 0.2) is 185 Å². The Morgan fingerprint density at radius 1 is 0.431 bits per heavy atom. The third-order valence-electron chi connectivity index (χ3n) is 13.2. The van der Waals surface area contributed by atoms with Crippen LogP contribution in [0.3, 0.4) is 0 Å². The molecule has 13 aromatic rings. The van der Waals surface area contributed by atoms with Gasteiger partial charge in [-0.3, -0.25) is 4.98 Å². The van der Waals surface area contributed by atoms with Crippen LogP contribution in [-0.2, 0) is 12.8 Å². The second kappa shape index (κ2) is 14.3. The lowest BCUT2D eigenvalue weighted by Crippen LogP contribution is -1.94. The van der Waals surface area contributed by atoms with E-state index in [1.807, 2.05) is 48.7 Å². The standard InChI is InChI=1S/C58H35N5O2/c59-33-35-16-21-51-45(28-35)46-29-36(34-60)17-22-52(46)63(51)42-20-25-55-49(32-42)56-58(65-55)38(26-27-61-56)9-6-8-37-10-7-14-44-48-31-40(19-24-54(48)64-57(37)44)39-18-23-53-47(30-39)43-13-4-5-15-50(43)62(53)41-11-2-1-3-12-41/h1-5,7,10-32H,6,8-9H2. The highest BCUT2D eigenvalue weighted by molar-refractivity contribution is 6.13. The Labute approximate surface area is 371 Å². The molecule has 5 heterocycles. The van der Waals surface area contributed by atoms with Crippen molar-refractivity contribution in [2.45, 2.75) is 19.3 Å². The topological polar surface area (TPSA) is 96.6 Å². The first-order valence-corrected chi connectivity index (χ1v) is 21.8. The fraction of sp³-hybridized carbons (Fsp3) is 0.0517. The number of rotatable bonds is 7. The molecule has 7 heteroatoms. The monoisotopic (exact) mass is 833 g/mol. The van der Waals surface area contributed by atoms with Crippen LogP contribution in [0.25, 0.3) is 110 Å². The Hall–Kier alpha value is -8.91. The number of benzene rings is 8. The Kier molecular flexibility index (Phi) is 8.09. The number of hydrogen-bond donors (Lipinski definition) is 0. The van der Waals surface area contributed by atoms with E-state index in [-0.39, 0.29) is 0 Å². The predicted molar refractivity (Wildman–Crippen MR) is 261 cm³/mol. The van der Waals surface area contributed by atoms with Gasteiger partial charge in [0.25, 0.3) is 0 Å². The van der Waals surface area contributed by atoms with E-state index in [0.29, 0.717) is 11.1 Å². The van der Waals surface area contributed by atoms with Crippen LogP contribution in [0.2, 0.25) is 0 Å². The highest BCUT2D eigenvalue weighted by Crippen LogP contribution is 2.40. The number of aromatic nitrogens is 3. The molecule has 0 bridgehead atoms. The SMILES string of the molecule is N#Cc1ccc2c(c1)c1cc(C#N)ccc1n2-c1ccc2oc3c(CCCc4cccc5c4oc4ccc(-c6ccc7c(c6)c6ccccc6n7-c6ccccc6)cc45)ccnc3c2c1. The second-order valence-electron chi connectivity index (χ2n) is 16.8. The predicted octanol–water partition coefficient (Wildman–Crippen LogP) is 14.7. The molecule has 0 amide bonds. The molecule has 0 aliphatic carbocycles. The van der Waals surface area contributed by atoms with Crippen molar-refractivity contribution in [1.29, 1.82) is 10.5 Å².